The van der Waals surface area contributed by atoms with Crippen molar-refractivity contribution in [2.24, 2.45) is 17.6 Å². The molecule has 13 heavy (non-hydrogen) atoms. The molecule has 0 bridgehead atoms. The fourth-order valence-corrected chi connectivity index (χ4v) is 1.74. The van der Waals surface area contributed by atoms with Crippen LogP contribution in [0, 0.1) is 11.8 Å². The van der Waals surface area contributed by atoms with Gasteiger partial charge < -0.3 is 15.4 Å². The Kier molecular flexibility index (Phi) is 3.54. The summed E-state index contributed by atoms with van der Waals surface area (Å²) in [5.74, 6) is 1.04. The molecule has 4 nitrogen and oxygen atoms in total. The molecule has 1 rings (SSSR count). The lowest BCUT2D eigenvalue weighted by Gasteiger charge is -2.18. The molecule has 1 saturated heterocycles. The topological polar surface area (TPSA) is 55.6 Å². The summed E-state index contributed by atoms with van der Waals surface area (Å²) >= 11 is 0. The van der Waals surface area contributed by atoms with Crippen LogP contribution in [0.4, 0.5) is 4.79 Å². The molecule has 1 heterocycles. The van der Waals surface area contributed by atoms with Crippen LogP contribution in [0.2, 0.25) is 0 Å². The van der Waals surface area contributed by atoms with Crippen molar-refractivity contribution >= 4 is 6.09 Å². The summed E-state index contributed by atoms with van der Waals surface area (Å²) in [6.07, 6.45) is 0.833. The van der Waals surface area contributed by atoms with Gasteiger partial charge in [-0.15, -0.1) is 0 Å². The highest BCUT2D eigenvalue weighted by Crippen LogP contribution is 2.23. The van der Waals surface area contributed by atoms with Crippen molar-refractivity contribution in [3.8, 4) is 0 Å². The number of rotatable bonds is 2. The monoisotopic (exact) mass is 186 g/mol. The summed E-state index contributed by atoms with van der Waals surface area (Å²) in [6, 6.07) is 0. The van der Waals surface area contributed by atoms with Crippen molar-refractivity contribution in [1.29, 1.82) is 0 Å². The van der Waals surface area contributed by atoms with E-state index in [1.165, 1.54) is 7.11 Å². The second kappa shape index (κ2) is 4.46. The molecule has 1 aliphatic heterocycles. The van der Waals surface area contributed by atoms with Gasteiger partial charge >= 0.3 is 6.09 Å². The van der Waals surface area contributed by atoms with Crippen molar-refractivity contribution in [2.75, 3.05) is 26.7 Å². The zero-order chi connectivity index (χ0) is 9.84. The summed E-state index contributed by atoms with van der Waals surface area (Å²) in [6.45, 7) is 4.43. The quantitative estimate of drug-likeness (QED) is 0.689. The summed E-state index contributed by atoms with van der Waals surface area (Å²) in [7, 11) is 1.42. The Hall–Kier alpha value is -0.770. The third kappa shape index (κ3) is 2.34. The third-order valence-electron chi connectivity index (χ3n) is 2.83. The first-order chi connectivity index (χ1) is 6.19. The Balaban J connectivity index is 2.40. The van der Waals surface area contributed by atoms with E-state index in [2.05, 4.69) is 11.7 Å². The maximum atomic E-state index is 11.1. The highest BCUT2D eigenvalue weighted by atomic mass is 16.5. The minimum Gasteiger partial charge on any atom is -0.453 e. The van der Waals surface area contributed by atoms with Crippen LogP contribution in [0.1, 0.15) is 13.3 Å². The van der Waals surface area contributed by atoms with E-state index in [-0.39, 0.29) is 6.09 Å². The van der Waals surface area contributed by atoms with Crippen LogP contribution in [0.15, 0.2) is 0 Å². The van der Waals surface area contributed by atoms with E-state index in [1.807, 2.05) is 0 Å². The average molecular weight is 186 g/mol. The van der Waals surface area contributed by atoms with Crippen LogP contribution in [0.25, 0.3) is 0 Å². The molecule has 76 valence electrons. The molecule has 2 N–H and O–H groups in total. The highest BCUT2D eigenvalue weighted by molar-refractivity contribution is 5.67. The van der Waals surface area contributed by atoms with Crippen LogP contribution in [0.3, 0.4) is 0 Å². The van der Waals surface area contributed by atoms with E-state index in [4.69, 9.17) is 5.73 Å². The zero-order valence-electron chi connectivity index (χ0n) is 8.32. The van der Waals surface area contributed by atoms with Gasteiger partial charge in [0.05, 0.1) is 7.11 Å². The number of carbonyl (C=O) groups excluding carboxylic acids is 1. The Morgan fingerprint density at radius 1 is 1.77 bits per heavy atom. The van der Waals surface area contributed by atoms with E-state index < -0.39 is 0 Å². The number of nitrogens with zero attached hydrogens (tertiary/aromatic N) is 1. The third-order valence-corrected chi connectivity index (χ3v) is 2.83. The largest absolute Gasteiger partial charge is 0.453 e. The van der Waals surface area contributed by atoms with Gasteiger partial charge in [0.1, 0.15) is 0 Å². The van der Waals surface area contributed by atoms with E-state index >= 15 is 0 Å². The first-order valence-corrected chi connectivity index (χ1v) is 4.72. The second-order valence-electron chi connectivity index (χ2n) is 3.68. The minimum absolute atomic E-state index is 0.216. The number of amides is 1. The van der Waals surface area contributed by atoms with Gasteiger partial charge in [-0.1, -0.05) is 6.92 Å². The molecule has 0 aliphatic carbocycles. The standard InChI is InChI=1S/C9H18N2O2/c1-7(5-10)8-3-4-11(6-8)9(12)13-2/h7-8H,3-6,10H2,1-2H3. The van der Waals surface area contributed by atoms with Crippen LogP contribution in [0.5, 0.6) is 0 Å². The van der Waals surface area contributed by atoms with Gasteiger partial charge in [0, 0.05) is 13.1 Å². The molecule has 0 spiro atoms. The fraction of sp³-hybridized carbons (Fsp3) is 0.889. The number of nitrogens with two attached hydrogens (primary N) is 1. The molecule has 0 aromatic heterocycles. The molecule has 1 fully saturated rings. The van der Waals surface area contributed by atoms with Gasteiger partial charge in [-0.3, -0.25) is 0 Å². The van der Waals surface area contributed by atoms with Crippen molar-refractivity contribution < 1.29 is 9.53 Å². The first kappa shape index (κ1) is 10.3. The summed E-state index contributed by atoms with van der Waals surface area (Å²) in [5.41, 5.74) is 5.57. The van der Waals surface area contributed by atoms with E-state index in [9.17, 15) is 4.79 Å². The number of hydrogen-bond donors (Lipinski definition) is 1. The Morgan fingerprint density at radius 3 is 3.00 bits per heavy atom. The number of ether oxygens (including phenoxy) is 1. The van der Waals surface area contributed by atoms with E-state index in [1.54, 1.807) is 4.90 Å². The molecule has 1 aliphatic rings. The van der Waals surface area contributed by atoms with Crippen molar-refractivity contribution in [3.05, 3.63) is 0 Å². The molecule has 4 heteroatoms. The van der Waals surface area contributed by atoms with Gasteiger partial charge in [0.15, 0.2) is 0 Å². The van der Waals surface area contributed by atoms with Gasteiger partial charge in [0.2, 0.25) is 0 Å². The van der Waals surface area contributed by atoms with Crippen LogP contribution in [-0.2, 0) is 4.74 Å². The molecule has 0 aromatic carbocycles. The van der Waals surface area contributed by atoms with Gasteiger partial charge in [-0.05, 0) is 24.8 Å². The lowest BCUT2D eigenvalue weighted by Crippen LogP contribution is -2.30. The number of carbonyl (C=O) groups is 1. The summed E-state index contributed by atoms with van der Waals surface area (Å²) < 4.78 is 4.65. The molecular weight excluding hydrogens is 168 g/mol. The Morgan fingerprint density at radius 2 is 2.46 bits per heavy atom. The second-order valence-corrected chi connectivity index (χ2v) is 3.68. The normalized spacial score (nSPS) is 24.5. The van der Waals surface area contributed by atoms with Crippen molar-refractivity contribution in [1.82, 2.24) is 4.90 Å². The maximum absolute atomic E-state index is 11.1. The van der Waals surface area contributed by atoms with E-state index in [0.29, 0.717) is 18.4 Å². The van der Waals surface area contributed by atoms with Gasteiger partial charge in [-0.2, -0.15) is 0 Å². The van der Waals surface area contributed by atoms with Gasteiger partial charge in [-0.25, -0.2) is 4.79 Å². The average Bonchev–Trinajstić information content (AvgIpc) is 2.64. The fourth-order valence-electron chi connectivity index (χ4n) is 1.74. The highest BCUT2D eigenvalue weighted by Gasteiger charge is 2.29. The number of likely N-dealkylation sites (tertiary alicyclic amines) is 1. The Labute approximate surface area is 79.0 Å². The SMILES string of the molecule is COC(=O)N1CCC(C(C)CN)C1. The molecule has 0 aromatic rings. The molecular formula is C9H18N2O2. The predicted octanol–water partition coefficient (Wildman–Crippen LogP) is 0.670. The number of hydrogen-bond acceptors (Lipinski definition) is 3. The number of methoxy groups -OCH3 is 1. The molecule has 0 radical (unpaired) electrons. The lowest BCUT2D eigenvalue weighted by atomic mass is 9.94. The smallest absolute Gasteiger partial charge is 0.409 e. The maximum Gasteiger partial charge on any atom is 0.409 e. The minimum atomic E-state index is -0.216. The lowest BCUT2D eigenvalue weighted by molar-refractivity contribution is 0.130. The summed E-state index contributed by atoms with van der Waals surface area (Å²) in [5, 5.41) is 0. The predicted molar refractivity (Wildman–Crippen MR) is 50.3 cm³/mol. The first-order valence-electron chi connectivity index (χ1n) is 4.72. The molecule has 2 unspecified atom stereocenters. The molecule has 0 saturated carbocycles. The molecule has 2 atom stereocenters. The van der Waals surface area contributed by atoms with Gasteiger partial charge in [0.25, 0.3) is 0 Å². The van der Waals surface area contributed by atoms with Crippen LogP contribution < -0.4 is 5.73 Å². The summed E-state index contributed by atoms with van der Waals surface area (Å²) in [4.78, 5) is 12.9. The van der Waals surface area contributed by atoms with Crippen molar-refractivity contribution in [2.45, 2.75) is 13.3 Å². The Bertz CT molecular complexity index is 184. The van der Waals surface area contributed by atoms with E-state index in [0.717, 1.165) is 19.5 Å². The van der Waals surface area contributed by atoms with Crippen LogP contribution in [-0.4, -0.2) is 37.7 Å². The zero-order valence-corrected chi connectivity index (χ0v) is 8.32. The van der Waals surface area contributed by atoms with Crippen LogP contribution >= 0.6 is 0 Å². The molecule has 1 amide bonds. The van der Waals surface area contributed by atoms with Crippen molar-refractivity contribution in [3.63, 3.8) is 0 Å².